The molecule has 2 aromatic carbocycles. The summed E-state index contributed by atoms with van der Waals surface area (Å²) in [6.07, 6.45) is 13.8. The third-order valence-corrected chi connectivity index (χ3v) is 12.7. The fourth-order valence-corrected chi connectivity index (χ4v) is 11.1. The van der Waals surface area contributed by atoms with E-state index in [0.29, 0.717) is 17.8 Å². The van der Waals surface area contributed by atoms with Crippen molar-refractivity contribution in [2.24, 2.45) is 0 Å². The molecule has 0 saturated heterocycles. The zero-order valence-corrected chi connectivity index (χ0v) is 30.0. The van der Waals surface area contributed by atoms with Crippen molar-refractivity contribution < 1.29 is 29.5 Å². The van der Waals surface area contributed by atoms with Gasteiger partial charge in [0.1, 0.15) is 11.5 Å². The predicted octanol–water partition coefficient (Wildman–Crippen LogP) is 11.2. The molecule has 5 heteroatoms. The Morgan fingerprint density at radius 1 is 0.650 bits per heavy atom. The second-order valence-electron chi connectivity index (χ2n) is 12.7. The molecule has 0 amide bonds. The van der Waals surface area contributed by atoms with E-state index in [1.54, 1.807) is 20.0 Å². The van der Waals surface area contributed by atoms with Crippen LogP contribution in [0.4, 0.5) is 0 Å². The molecule has 2 saturated carbocycles. The average molecular weight is 769 g/mol. The zero-order chi connectivity index (χ0) is 29.4. The molecule has 228 valence electrons. The van der Waals surface area contributed by atoms with Crippen molar-refractivity contribution in [3.05, 3.63) is 41.0 Å². The summed E-state index contributed by atoms with van der Waals surface area (Å²) in [6.45, 7) is 14.1. The number of halogens is 1. The van der Waals surface area contributed by atoms with E-state index >= 15 is 0 Å². The van der Waals surface area contributed by atoms with Gasteiger partial charge in [0.05, 0.1) is 14.2 Å². The van der Waals surface area contributed by atoms with Crippen LogP contribution in [0.15, 0.2) is 24.3 Å². The molecule has 0 bridgehead atoms. The predicted molar refractivity (Wildman–Crippen MR) is 173 cm³/mol. The van der Waals surface area contributed by atoms with Crippen LogP contribution in [-0.2, 0) is 20.0 Å². The maximum absolute atomic E-state index is 6.29. The van der Waals surface area contributed by atoms with Gasteiger partial charge in [-0.15, -0.1) is 0 Å². The minimum atomic E-state index is -0.373. The maximum atomic E-state index is 6.29. The molecule has 2 nitrogen and oxygen atoms in total. The number of ether oxygens (including phenoxy) is 2. The van der Waals surface area contributed by atoms with E-state index in [-0.39, 0.29) is 7.92 Å². The summed E-state index contributed by atoms with van der Waals surface area (Å²) in [7, 11) is 7.96. The standard InChI is InChI=1S/C35H53O2P.Au.ClH/c1-23(2)26-21-29(24(3)4)33(30(22-26)25(5)6)34-31(36-7)19-20-32(37-8)35(34)38(27-15-11-9-12-16-27)28-17-13-10-14-18-28;;/h19-25,27-28H,9-18H2,1-8H3;;1H/q;+1;/p-1. The molecule has 2 aliphatic carbocycles. The van der Waals surface area contributed by atoms with Crippen molar-refractivity contribution in [2.75, 3.05) is 14.2 Å². The van der Waals surface area contributed by atoms with E-state index in [1.807, 2.05) is 14.2 Å². The average Bonchev–Trinajstić information content (AvgIpc) is 2.98. The van der Waals surface area contributed by atoms with Gasteiger partial charge >= 0.3 is 29.2 Å². The van der Waals surface area contributed by atoms with Gasteiger partial charge in [0.15, 0.2) is 0 Å². The second-order valence-corrected chi connectivity index (χ2v) is 15.4. The van der Waals surface area contributed by atoms with Crippen LogP contribution in [0.1, 0.15) is 140 Å². The molecule has 40 heavy (non-hydrogen) atoms. The van der Waals surface area contributed by atoms with Crippen LogP contribution in [-0.4, -0.2) is 25.5 Å². The number of rotatable bonds is 9. The summed E-state index contributed by atoms with van der Waals surface area (Å²) in [5, 5.41) is 1.52. The third-order valence-electron chi connectivity index (χ3n) is 9.12. The van der Waals surface area contributed by atoms with Gasteiger partial charge in [-0.3, -0.25) is 0 Å². The van der Waals surface area contributed by atoms with Crippen molar-refractivity contribution in [2.45, 2.75) is 135 Å². The Labute approximate surface area is 263 Å². The van der Waals surface area contributed by atoms with Gasteiger partial charge in [-0.05, 0) is 89.1 Å². The first-order chi connectivity index (χ1) is 19.3. The Balaban J connectivity index is 0.00000216. The van der Waals surface area contributed by atoms with E-state index in [4.69, 9.17) is 9.47 Å². The topological polar surface area (TPSA) is 18.5 Å². The van der Waals surface area contributed by atoms with Gasteiger partial charge in [0.2, 0.25) is 0 Å². The number of hydrogen-bond acceptors (Lipinski definition) is 2. The molecule has 0 N–H and O–H groups in total. The summed E-state index contributed by atoms with van der Waals surface area (Å²) in [6, 6.07) is 9.40. The van der Waals surface area contributed by atoms with E-state index in [1.165, 1.54) is 97.3 Å². The fourth-order valence-electron chi connectivity index (χ4n) is 7.01. The quantitative estimate of drug-likeness (QED) is 0.187. The molecule has 2 aliphatic rings. The molecule has 0 unspecified atom stereocenters. The van der Waals surface area contributed by atoms with Crippen LogP contribution >= 0.6 is 17.1 Å². The number of methoxy groups -OCH3 is 2. The second kappa shape index (κ2) is 16.4. The van der Waals surface area contributed by atoms with Crippen LogP contribution in [0.25, 0.3) is 11.1 Å². The van der Waals surface area contributed by atoms with Crippen molar-refractivity contribution in [1.29, 1.82) is 0 Å². The molecule has 4 rings (SSSR count). The van der Waals surface area contributed by atoms with Gasteiger partial charge in [0, 0.05) is 10.9 Å². The van der Waals surface area contributed by atoms with Crippen LogP contribution < -0.4 is 14.8 Å². The summed E-state index contributed by atoms with van der Waals surface area (Å²) < 4.78 is 12.6. The van der Waals surface area contributed by atoms with Crippen molar-refractivity contribution in [1.82, 2.24) is 0 Å². The van der Waals surface area contributed by atoms with Crippen LogP contribution in [0, 0.1) is 0 Å². The van der Waals surface area contributed by atoms with Crippen LogP contribution in [0.3, 0.4) is 0 Å². The van der Waals surface area contributed by atoms with E-state index in [2.05, 4.69) is 75.0 Å². The molecule has 0 spiro atoms. The van der Waals surface area contributed by atoms with Gasteiger partial charge in [-0.25, -0.2) is 0 Å². The SMILES string of the molecule is COc1ccc(OC)c(P(C2CCCCC2)C2CCCCC2)c1-c1c(C(C)C)cc(C(C)C)cc1C(C)C.[Cl][Au]. The molecule has 2 aromatic rings. The normalized spacial score (nSPS) is 17.0. The van der Waals surface area contributed by atoms with Gasteiger partial charge in [-0.2, -0.15) is 0 Å². The molecule has 0 aromatic heterocycles. The monoisotopic (exact) mass is 768 g/mol. The summed E-state index contributed by atoms with van der Waals surface area (Å²) in [5.41, 5.74) is 8.76. The number of benzene rings is 2. The Kier molecular flexibility index (Phi) is 13.9. The van der Waals surface area contributed by atoms with E-state index < -0.39 is 0 Å². The summed E-state index contributed by atoms with van der Waals surface area (Å²) >= 11 is 1.75. The molecule has 0 radical (unpaired) electrons. The molecular weight excluding hydrogens is 716 g/mol. The molecule has 0 heterocycles. The molecular formula is C35H53AuClO2P. The molecule has 0 aliphatic heterocycles. The first-order valence-corrected chi connectivity index (χ1v) is 19.8. The van der Waals surface area contributed by atoms with E-state index in [9.17, 15) is 0 Å². The number of hydrogen-bond donors (Lipinski definition) is 0. The third kappa shape index (κ3) is 7.71. The van der Waals surface area contributed by atoms with Crippen molar-refractivity contribution >= 4 is 22.4 Å². The Morgan fingerprint density at radius 3 is 1.45 bits per heavy atom. The van der Waals surface area contributed by atoms with Crippen molar-refractivity contribution in [3.63, 3.8) is 0 Å². The first kappa shape index (κ1) is 34.0. The van der Waals surface area contributed by atoms with Crippen LogP contribution in [0.2, 0.25) is 0 Å². The molecule has 0 atom stereocenters. The Morgan fingerprint density at radius 2 is 1.07 bits per heavy atom. The Hall–Kier alpha value is -0.500. The zero-order valence-electron chi connectivity index (χ0n) is 26.2. The molecule has 2 fully saturated rings. The van der Waals surface area contributed by atoms with Crippen molar-refractivity contribution in [3.8, 4) is 22.6 Å². The summed E-state index contributed by atoms with van der Waals surface area (Å²) in [5.74, 6) is 3.50. The van der Waals surface area contributed by atoms with Gasteiger partial charge < -0.3 is 9.47 Å². The van der Waals surface area contributed by atoms with Gasteiger partial charge in [0.25, 0.3) is 0 Å². The Bertz CT molecular complexity index is 1020. The minimum absolute atomic E-state index is 0.373. The first-order valence-electron chi connectivity index (χ1n) is 15.6. The van der Waals surface area contributed by atoms with Crippen LogP contribution in [0.5, 0.6) is 11.5 Å². The fraction of sp³-hybridized carbons (Fsp3) is 0.657. The van der Waals surface area contributed by atoms with E-state index in [0.717, 1.165) is 22.8 Å². The summed E-state index contributed by atoms with van der Waals surface area (Å²) in [4.78, 5) is 0. The van der Waals surface area contributed by atoms with Gasteiger partial charge in [-0.1, -0.05) is 100 Å².